The number of nitrogens with zero attached hydrogens (tertiary/aromatic N) is 1. The van der Waals surface area contributed by atoms with Gasteiger partial charge in [0.15, 0.2) is 11.1 Å². The molecule has 7 heteroatoms. The Hall–Kier alpha value is -0.530. The summed E-state index contributed by atoms with van der Waals surface area (Å²) in [7, 11) is 0. The van der Waals surface area contributed by atoms with Crippen LogP contribution >= 0.6 is 12.2 Å². The number of nitrogens with one attached hydrogen (secondary N) is 1. The fourth-order valence-corrected chi connectivity index (χ4v) is 1.96. The van der Waals surface area contributed by atoms with Gasteiger partial charge in [-0.05, 0) is 19.8 Å². The predicted octanol–water partition coefficient (Wildman–Crippen LogP) is 0.689. The van der Waals surface area contributed by atoms with E-state index in [9.17, 15) is 9.00 Å². The van der Waals surface area contributed by atoms with Crippen LogP contribution in [0.4, 0.5) is 0 Å². The Balaban J connectivity index is 2.52. The molecule has 92 valence electrons. The number of amides is 1. The molecule has 0 heterocycles. The van der Waals surface area contributed by atoms with Crippen LogP contribution in [-0.4, -0.2) is 37.0 Å². The van der Waals surface area contributed by atoms with Gasteiger partial charge >= 0.3 is 0 Å². The number of rotatable bonds is 4. The van der Waals surface area contributed by atoms with Gasteiger partial charge in [0.1, 0.15) is 10.7 Å². The van der Waals surface area contributed by atoms with E-state index in [0.717, 1.165) is 12.8 Å². The van der Waals surface area contributed by atoms with Gasteiger partial charge in [-0.1, -0.05) is 19.1 Å². The van der Waals surface area contributed by atoms with Gasteiger partial charge in [-0.25, -0.2) is 4.21 Å². The Bertz CT molecular complexity index is 329. The molecule has 0 aromatic heterocycles. The molecular formula is C9H16N2O3S2. The highest BCUT2D eigenvalue weighted by Gasteiger charge is 2.44. The minimum Gasteiger partial charge on any atom is -0.306 e. The van der Waals surface area contributed by atoms with Crippen LogP contribution in [0.15, 0.2) is 0 Å². The van der Waals surface area contributed by atoms with Crippen molar-refractivity contribution >= 4 is 34.2 Å². The van der Waals surface area contributed by atoms with E-state index >= 15 is 0 Å². The molecule has 1 unspecified atom stereocenters. The second-order valence-corrected chi connectivity index (χ2v) is 5.43. The SMILES string of the molecule is CCN(NC(=O)CS(=O)O)C(=S)C1(C)CC1. The van der Waals surface area contributed by atoms with Gasteiger partial charge in [-0.15, -0.1) is 0 Å². The molecule has 1 aliphatic carbocycles. The van der Waals surface area contributed by atoms with Crippen molar-refractivity contribution < 1.29 is 13.6 Å². The topological polar surface area (TPSA) is 69.6 Å². The van der Waals surface area contributed by atoms with Crippen molar-refractivity contribution in [2.45, 2.75) is 26.7 Å². The molecule has 0 saturated heterocycles. The van der Waals surface area contributed by atoms with Gasteiger partial charge in [0, 0.05) is 12.0 Å². The molecule has 1 amide bonds. The van der Waals surface area contributed by atoms with Crippen molar-refractivity contribution in [3.05, 3.63) is 0 Å². The summed E-state index contributed by atoms with van der Waals surface area (Å²) in [4.78, 5) is 12.0. The Morgan fingerprint density at radius 3 is 2.56 bits per heavy atom. The van der Waals surface area contributed by atoms with E-state index in [1.54, 1.807) is 5.01 Å². The molecule has 0 spiro atoms. The maximum absolute atomic E-state index is 11.3. The number of hydrogen-bond acceptors (Lipinski definition) is 3. The van der Waals surface area contributed by atoms with Crippen molar-refractivity contribution in [3.8, 4) is 0 Å². The fourth-order valence-electron chi connectivity index (χ4n) is 1.30. The van der Waals surface area contributed by atoms with E-state index in [2.05, 4.69) is 5.43 Å². The summed E-state index contributed by atoms with van der Waals surface area (Å²) in [5.41, 5.74) is 2.56. The summed E-state index contributed by atoms with van der Waals surface area (Å²) >= 11 is 3.16. The standard InChI is InChI=1S/C9H16N2O3S2/c1-3-11(8(15)9(2)4-5-9)10-7(12)6-16(13)14/h3-6H2,1-2H3,(H,10,12)(H,13,14). The third-order valence-electron chi connectivity index (χ3n) is 2.59. The van der Waals surface area contributed by atoms with E-state index in [4.69, 9.17) is 16.8 Å². The van der Waals surface area contributed by atoms with E-state index in [-0.39, 0.29) is 5.41 Å². The summed E-state index contributed by atoms with van der Waals surface area (Å²) in [6.45, 7) is 4.47. The lowest BCUT2D eigenvalue weighted by atomic mass is 10.1. The fraction of sp³-hybridized carbons (Fsp3) is 0.778. The Morgan fingerprint density at radius 1 is 1.62 bits per heavy atom. The van der Waals surface area contributed by atoms with Gasteiger partial charge in [0.05, 0.1) is 0 Å². The summed E-state index contributed by atoms with van der Waals surface area (Å²) in [6, 6.07) is 0. The van der Waals surface area contributed by atoms with Crippen LogP contribution in [0.25, 0.3) is 0 Å². The first-order valence-electron chi connectivity index (χ1n) is 5.08. The zero-order valence-corrected chi connectivity index (χ0v) is 11.0. The van der Waals surface area contributed by atoms with E-state index in [1.807, 2.05) is 13.8 Å². The molecule has 0 bridgehead atoms. The molecule has 16 heavy (non-hydrogen) atoms. The molecule has 0 aromatic rings. The number of hydrazine groups is 1. The van der Waals surface area contributed by atoms with Crippen LogP contribution in [0.5, 0.6) is 0 Å². The Morgan fingerprint density at radius 2 is 2.19 bits per heavy atom. The minimum atomic E-state index is -2.11. The van der Waals surface area contributed by atoms with E-state index in [0.29, 0.717) is 11.5 Å². The molecule has 1 fully saturated rings. The van der Waals surface area contributed by atoms with Crippen LogP contribution in [0.3, 0.4) is 0 Å². The lowest BCUT2D eigenvalue weighted by Crippen LogP contribution is -2.49. The quantitative estimate of drug-likeness (QED) is 0.444. The van der Waals surface area contributed by atoms with E-state index < -0.39 is 22.7 Å². The molecule has 0 radical (unpaired) electrons. The highest BCUT2D eigenvalue weighted by Crippen LogP contribution is 2.46. The Labute approximate surface area is 103 Å². The molecule has 0 aromatic carbocycles. The summed E-state index contributed by atoms with van der Waals surface area (Å²) in [5.74, 6) is -0.912. The third kappa shape index (κ3) is 3.50. The monoisotopic (exact) mass is 264 g/mol. The number of hydrogen-bond donors (Lipinski definition) is 2. The maximum atomic E-state index is 11.3. The summed E-state index contributed by atoms with van der Waals surface area (Å²) < 4.78 is 19.0. The Kier molecular flexibility index (Phi) is 4.40. The summed E-state index contributed by atoms with van der Waals surface area (Å²) in [6.07, 6.45) is 2.06. The van der Waals surface area contributed by atoms with Crippen LogP contribution in [0, 0.1) is 5.41 Å². The lowest BCUT2D eigenvalue weighted by molar-refractivity contribution is -0.121. The van der Waals surface area contributed by atoms with Crippen LogP contribution in [-0.2, 0) is 15.9 Å². The van der Waals surface area contributed by atoms with Crippen molar-refractivity contribution in [1.29, 1.82) is 0 Å². The molecule has 1 rings (SSSR count). The number of carbonyl (C=O) groups excluding carboxylic acids is 1. The van der Waals surface area contributed by atoms with Crippen molar-refractivity contribution in [1.82, 2.24) is 10.4 Å². The predicted molar refractivity (Wildman–Crippen MR) is 66.1 cm³/mol. The lowest BCUT2D eigenvalue weighted by Gasteiger charge is -2.27. The molecule has 1 aliphatic rings. The summed E-state index contributed by atoms with van der Waals surface area (Å²) in [5, 5.41) is 1.58. The highest BCUT2D eigenvalue weighted by atomic mass is 32.2. The highest BCUT2D eigenvalue weighted by molar-refractivity contribution is 7.80. The normalized spacial score (nSPS) is 18.7. The smallest absolute Gasteiger partial charge is 0.253 e. The first-order valence-corrected chi connectivity index (χ1v) is 6.76. The zero-order chi connectivity index (χ0) is 12.3. The zero-order valence-electron chi connectivity index (χ0n) is 9.36. The van der Waals surface area contributed by atoms with Gasteiger partial charge in [-0.3, -0.25) is 15.2 Å². The average molecular weight is 264 g/mol. The van der Waals surface area contributed by atoms with Crippen LogP contribution in [0.1, 0.15) is 26.7 Å². The van der Waals surface area contributed by atoms with E-state index in [1.165, 1.54) is 0 Å². The van der Waals surface area contributed by atoms with Gasteiger partial charge in [-0.2, -0.15) is 0 Å². The first kappa shape index (κ1) is 13.5. The molecule has 5 nitrogen and oxygen atoms in total. The van der Waals surface area contributed by atoms with Gasteiger partial charge in [0.2, 0.25) is 0 Å². The second kappa shape index (κ2) is 5.20. The maximum Gasteiger partial charge on any atom is 0.253 e. The molecule has 0 aliphatic heterocycles. The molecule has 1 saturated carbocycles. The molecular weight excluding hydrogens is 248 g/mol. The largest absolute Gasteiger partial charge is 0.306 e. The van der Waals surface area contributed by atoms with Crippen molar-refractivity contribution in [2.75, 3.05) is 12.3 Å². The first-order chi connectivity index (χ1) is 7.39. The van der Waals surface area contributed by atoms with Gasteiger partial charge < -0.3 is 4.55 Å². The number of thiocarbonyl (C=S) groups is 1. The van der Waals surface area contributed by atoms with Crippen molar-refractivity contribution in [3.63, 3.8) is 0 Å². The number of carbonyl (C=O) groups is 1. The third-order valence-corrected chi connectivity index (χ3v) is 3.81. The minimum absolute atomic E-state index is 0.0109. The van der Waals surface area contributed by atoms with Crippen LogP contribution in [0.2, 0.25) is 0 Å². The molecule has 1 atom stereocenters. The van der Waals surface area contributed by atoms with Crippen molar-refractivity contribution in [2.24, 2.45) is 5.41 Å². The molecule has 2 N–H and O–H groups in total. The van der Waals surface area contributed by atoms with Gasteiger partial charge in [0.25, 0.3) is 5.91 Å². The van der Waals surface area contributed by atoms with Crippen LogP contribution < -0.4 is 5.43 Å². The second-order valence-electron chi connectivity index (χ2n) is 4.11. The average Bonchev–Trinajstić information content (AvgIpc) is 2.92.